The van der Waals surface area contributed by atoms with Crippen LogP contribution in [0.3, 0.4) is 0 Å². The lowest BCUT2D eigenvalue weighted by atomic mass is 9.97. The van der Waals surface area contributed by atoms with E-state index >= 15 is 0 Å². The number of pyridine rings is 1. The molecule has 0 amide bonds. The predicted octanol–water partition coefficient (Wildman–Crippen LogP) is 4.33. The zero-order chi connectivity index (χ0) is 14.4. The first-order valence-electron chi connectivity index (χ1n) is 6.42. The molecule has 0 fully saturated rings. The fraction of sp³-hybridized carbons (Fsp3) is 0.188. The van der Waals surface area contributed by atoms with Gasteiger partial charge in [-0.1, -0.05) is 13.8 Å². The first-order chi connectivity index (χ1) is 9.47. The molecule has 0 saturated carbocycles. The van der Waals surface area contributed by atoms with Crippen molar-refractivity contribution in [3.63, 3.8) is 0 Å². The maximum absolute atomic E-state index is 14.1. The van der Waals surface area contributed by atoms with Crippen LogP contribution in [0, 0.1) is 11.6 Å². The molecule has 0 bridgehead atoms. The molecule has 20 heavy (non-hydrogen) atoms. The van der Waals surface area contributed by atoms with Gasteiger partial charge in [0.25, 0.3) is 5.56 Å². The van der Waals surface area contributed by atoms with Gasteiger partial charge in [-0.3, -0.25) is 4.79 Å². The van der Waals surface area contributed by atoms with Crippen molar-refractivity contribution in [3.05, 3.63) is 57.9 Å². The van der Waals surface area contributed by atoms with Crippen LogP contribution in [-0.4, -0.2) is 4.98 Å². The minimum atomic E-state index is -0.438. The molecule has 104 valence electrons. The van der Waals surface area contributed by atoms with Crippen molar-refractivity contribution >= 4 is 21.7 Å². The van der Waals surface area contributed by atoms with Gasteiger partial charge in [-0.05, 0) is 47.2 Å². The molecule has 1 heterocycles. The minimum Gasteiger partial charge on any atom is -0.321 e. The second kappa shape index (κ2) is 4.40. The Labute approximate surface area is 115 Å². The van der Waals surface area contributed by atoms with Crippen LogP contribution in [0.4, 0.5) is 8.78 Å². The molecule has 1 aromatic heterocycles. The Kier molecular flexibility index (Phi) is 2.82. The van der Waals surface area contributed by atoms with Crippen molar-refractivity contribution in [2.24, 2.45) is 0 Å². The fourth-order valence-corrected chi connectivity index (χ4v) is 2.49. The summed E-state index contributed by atoms with van der Waals surface area (Å²) in [5.41, 5.74) is 0.545. The van der Waals surface area contributed by atoms with E-state index in [9.17, 15) is 13.6 Å². The van der Waals surface area contributed by atoms with Crippen LogP contribution in [0.2, 0.25) is 0 Å². The van der Waals surface area contributed by atoms with Gasteiger partial charge in [0, 0.05) is 12.2 Å². The molecule has 0 atom stereocenters. The average Bonchev–Trinajstić information content (AvgIpc) is 2.37. The van der Waals surface area contributed by atoms with Gasteiger partial charge in [0.1, 0.15) is 11.6 Å². The number of H-pyrrole nitrogens is 1. The van der Waals surface area contributed by atoms with Gasteiger partial charge in [-0.25, -0.2) is 8.78 Å². The highest BCUT2D eigenvalue weighted by Crippen LogP contribution is 2.27. The highest BCUT2D eigenvalue weighted by molar-refractivity contribution is 6.05. The maximum atomic E-state index is 14.1. The molecule has 3 aromatic rings. The SMILES string of the molecule is CC(C)c1cc2c(=O)[nH]c3cc(F)ccc3c2cc1F.[HH]. The largest absolute Gasteiger partial charge is 0.321 e. The molecule has 0 spiro atoms. The normalized spacial score (nSPS) is 11.7. The first kappa shape index (κ1) is 12.8. The van der Waals surface area contributed by atoms with Gasteiger partial charge in [-0.15, -0.1) is 0 Å². The fourth-order valence-electron chi connectivity index (χ4n) is 2.49. The van der Waals surface area contributed by atoms with E-state index < -0.39 is 5.82 Å². The zero-order valence-electron chi connectivity index (χ0n) is 11.1. The Hall–Kier alpha value is -2.23. The number of benzene rings is 2. The Morgan fingerprint density at radius 2 is 1.80 bits per heavy atom. The second-order valence-corrected chi connectivity index (χ2v) is 5.22. The van der Waals surface area contributed by atoms with Crippen LogP contribution in [0.1, 0.15) is 26.8 Å². The third-order valence-corrected chi connectivity index (χ3v) is 3.52. The summed E-state index contributed by atoms with van der Waals surface area (Å²) in [4.78, 5) is 14.7. The standard InChI is InChI=1S/C16H13F2NO.H2/c1-8(2)11-6-13-12(7-14(11)18)10-4-3-9(17)5-15(10)19-16(13)20;/h3-8H,1-2H3,(H,19,20);1H. The summed E-state index contributed by atoms with van der Waals surface area (Å²) in [7, 11) is 0. The third-order valence-electron chi connectivity index (χ3n) is 3.52. The second-order valence-electron chi connectivity index (χ2n) is 5.22. The molecule has 2 nitrogen and oxygen atoms in total. The summed E-state index contributed by atoms with van der Waals surface area (Å²) in [5.74, 6) is -0.793. The molecule has 0 aliphatic rings. The van der Waals surface area contributed by atoms with Crippen molar-refractivity contribution in [2.75, 3.05) is 0 Å². The molecule has 1 N–H and O–H groups in total. The van der Waals surface area contributed by atoms with Crippen LogP contribution in [-0.2, 0) is 0 Å². The monoisotopic (exact) mass is 275 g/mol. The smallest absolute Gasteiger partial charge is 0.256 e. The van der Waals surface area contributed by atoms with E-state index in [1.807, 2.05) is 13.8 Å². The van der Waals surface area contributed by atoms with E-state index in [-0.39, 0.29) is 18.7 Å². The number of nitrogens with one attached hydrogen (secondary N) is 1. The van der Waals surface area contributed by atoms with Gasteiger partial charge in [-0.2, -0.15) is 0 Å². The van der Waals surface area contributed by atoms with E-state index in [4.69, 9.17) is 0 Å². The van der Waals surface area contributed by atoms with E-state index in [0.29, 0.717) is 27.2 Å². The van der Waals surface area contributed by atoms with Crippen LogP contribution >= 0.6 is 0 Å². The van der Waals surface area contributed by atoms with Gasteiger partial charge >= 0.3 is 0 Å². The molecule has 2 aromatic carbocycles. The minimum absolute atomic E-state index is 0. The van der Waals surface area contributed by atoms with Crippen molar-refractivity contribution in [2.45, 2.75) is 19.8 Å². The summed E-state index contributed by atoms with van der Waals surface area (Å²) in [6.07, 6.45) is 0. The van der Waals surface area contributed by atoms with Gasteiger partial charge in [0.15, 0.2) is 0 Å². The van der Waals surface area contributed by atoms with Crippen molar-refractivity contribution < 1.29 is 10.2 Å². The summed E-state index contributed by atoms with van der Waals surface area (Å²) in [6.45, 7) is 3.74. The molecule has 0 saturated heterocycles. The molecule has 4 heteroatoms. The van der Waals surface area contributed by atoms with Crippen molar-refractivity contribution in [1.29, 1.82) is 0 Å². The average molecular weight is 275 g/mol. The van der Waals surface area contributed by atoms with Crippen LogP contribution in [0.15, 0.2) is 35.1 Å². The maximum Gasteiger partial charge on any atom is 0.256 e. The third kappa shape index (κ3) is 1.88. The zero-order valence-corrected chi connectivity index (χ0v) is 11.1. The Balaban J connectivity index is 0.00000161. The lowest BCUT2D eigenvalue weighted by molar-refractivity contribution is 0.600. The Bertz CT molecular complexity index is 887. The van der Waals surface area contributed by atoms with Crippen molar-refractivity contribution in [1.82, 2.24) is 4.98 Å². The van der Waals surface area contributed by atoms with Crippen LogP contribution in [0.25, 0.3) is 21.7 Å². The van der Waals surface area contributed by atoms with E-state index in [2.05, 4.69) is 4.98 Å². The van der Waals surface area contributed by atoms with Gasteiger partial charge in [0.05, 0.1) is 5.52 Å². The van der Waals surface area contributed by atoms with Crippen LogP contribution in [0.5, 0.6) is 0 Å². The summed E-state index contributed by atoms with van der Waals surface area (Å²) in [6, 6.07) is 7.04. The van der Waals surface area contributed by atoms with E-state index in [0.717, 1.165) is 0 Å². The van der Waals surface area contributed by atoms with Crippen molar-refractivity contribution in [3.8, 4) is 0 Å². The highest BCUT2D eigenvalue weighted by atomic mass is 19.1. The number of halogens is 2. The number of fused-ring (bicyclic) bond motifs is 3. The van der Waals surface area contributed by atoms with Gasteiger partial charge < -0.3 is 4.98 Å². The van der Waals surface area contributed by atoms with E-state index in [1.165, 1.54) is 18.2 Å². The van der Waals surface area contributed by atoms with Gasteiger partial charge in [0.2, 0.25) is 0 Å². The predicted molar refractivity (Wildman–Crippen MR) is 78.2 cm³/mol. The summed E-state index contributed by atoms with van der Waals surface area (Å²) >= 11 is 0. The first-order valence-corrected chi connectivity index (χ1v) is 6.42. The number of hydrogen-bond donors (Lipinski definition) is 1. The molecule has 0 unspecified atom stereocenters. The number of aromatic amines is 1. The lowest BCUT2D eigenvalue weighted by Gasteiger charge is -2.10. The van der Waals surface area contributed by atoms with Crippen LogP contribution < -0.4 is 5.56 Å². The number of aromatic nitrogens is 1. The topological polar surface area (TPSA) is 32.9 Å². The lowest BCUT2D eigenvalue weighted by Crippen LogP contribution is -2.08. The number of hydrogen-bond acceptors (Lipinski definition) is 1. The Morgan fingerprint density at radius 3 is 2.50 bits per heavy atom. The van der Waals surface area contributed by atoms with E-state index in [1.54, 1.807) is 12.1 Å². The molecule has 0 aliphatic heterocycles. The summed E-state index contributed by atoms with van der Waals surface area (Å²) in [5, 5.41) is 1.56. The molecule has 0 radical (unpaired) electrons. The quantitative estimate of drug-likeness (QED) is 0.659. The molecule has 0 aliphatic carbocycles. The molecule has 3 rings (SSSR count). The molecular formula is C16H15F2NO. The highest BCUT2D eigenvalue weighted by Gasteiger charge is 2.13. The molecular weight excluding hydrogens is 260 g/mol. The summed E-state index contributed by atoms with van der Waals surface area (Å²) < 4.78 is 27.3. The number of rotatable bonds is 1. The Morgan fingerprint density at radius 1 is 1.05 bits per heavy atom.